The van der Waals surface area contributed by atoms with Crippen LogP contribution in [0.15, 0.2) is 24.3 Å². The number of fused-ring (bicyclic) bond motifs is 3. The standard InChI is InChI=1S/C29H33N3O5S/c1-3-36-29(35)26-19-11-6-4-5-7-13-23(19)38-27(26)31-24(33)17-37-28(34)25-18-10-8-9-12-21(18)30-22-14-15-32(2)16-20(22)25/h8-10,12H,3-7,11,13-17H2,1-2H3,(H,31,33). The molecule has 0 unspecified atom stereocenters. The Bertz CT molecular complexity index is 1380. The minimum atomic E-state index is -0.547. The SMILES string of the molecule is CCOC(=O)c1c(NC(=O)COC(=O)c2c3c(nc4ccccc24)CCN(C)C3)sc2c1CCCCCC2. The first-order valence-corrected chi connectivity index (χ1v) is 14.2. The Labute approximate surface area is 226 Å². The summed E-state index contributed by atoms with van der Waals surface area (Å²) in [7, 11) is 2.01. The number of hydrogen-bond donors (Lipinski definition) is 1. The van der Waals surface area contributed by atoms with Gasteiger partial charge in [-0.2, -0.15) is 0 Å². The molecule has 1 aromatic carbocycles. The van der Waals surface area contributed by atoms with E-state index in [1.165, 1.54) is 11.3 Å². The second-order valence-corrected chi connectivity index (χ2v) is 11.0. The molecule has 2 aliphatic rings. The van der Waals surface area contributed by atoms with E-state index in [-0.39, 0.29) is 6.61 Å². The van der Waals surface area contributed by atoms with Crippen molar-refractivity contribution in [2.75, 3.05) is 32.1 Å². The van der Waals surface area contributed by atoms with Crippen LogP contribution in [0.25, 0.3) is 10.9 Å². The zero-order valence-electron chi connectivity index (χ0n) is 21.9. The van der Waals surface area contributed by atoms with E-state index in [0.29, 0.717) is 22.7 Å². The zero-order valence-corrected chi connectivity index (χ0v) is 22.7. The monoisotopic (exact) mass is 535 g/mol. The van der Waals surface area contributed by atoms with E-state index in [1.807, 2.05) is 31.3 Å². The Balaban J connectivity index is 1.36. The van der Waals surface area contributed by atoms with Gasteiger partial charge in [0.2, 0.25) is 0 Å². The summed E-state index contributed by atoms with van der Waals surface area (Å²) in [4.78, 5) is 47.2. The van der Waals surface area contributed by atoms with Gasteiger partial charge >= 0.3 is 11.9 Å². The summed E-state index contributed by atoms with van der Waals surface area (Å²) in [6.45, 7) is 3.03. The molecule has 1 N–H and O–H groups in total. The Morgan fingerprint density at radius 3 is 2.55 bits per heavy atom. The second-order valence-electron chi connectivity index (χ2n) is 9.88. The molecule has 2 aromatic heterocycles. The van der Waals surface area contributed by atoms with Gasteiger partial charge in [-0.05, 0) is 51.3 Å². The van der Waals surface area contributed by atoms with E-state index in [0.717, 1.165) is 84.1 Å². The molecule has 5 rings (SSSR count). The van der Waals surface area contributed by atoms with E-state index < -0.39 is 24.5 Å². The van der Waals surface area contributed by atoms with Gasteiger partial charge in [0.15, 0.2) is 6.61 Å². The average Bonchev–Trinajstić information content (AvgIpc) is 3.21. The van der Waals surface area contributed by atoms with E-state index in [4.69, 9.17) is 14.5 Å². The summed E-state index contributed by atoms with van der Waals surface area (Å²) in [5, 5.41) is 4.04. The van der Waals surface area contributed by atoms with Crippen molar-refractivity contribution < 1.29 is 23.9 Å². The highest BCUT2D eigenvalue weighted by Crippen LogP contribution is 2.37. The number of esters is 2. The number of aryl methyl sites for hydroxylation is 1. The quantitative estimate of drug-likeness (QED) is 0.448. The fraction of sp³-hybridized carbons (Fsp3) is 0.448. The first kappa shape index (κ1) is 26.3. The lowest BCUT2D eigenvalue weighted by molar-refractivity contribution is -0.119. The molecule has 8 nitrogen and oxygen atoms in total. The number of aromatic nitrogens is 1. The molecule has 0 saturated carbocycles. The Morgan fingerprint density at radius 2 is 1.74 bits per heavy atom. The summed E-state index contributed by atoms with van der Waals surface area (Å²) >= 11 is 1.43. The number of pyridine rings is 1. The van der Waals surface area contributed by atoms with Crippen molar-refractivity contribution in [3.05, 3.63) is 57.1 Å². The van der Waals surface area contributed by atoms with Crippen molar-refractivity contribution in [2.45, 2.75) is 58.4 Å². The molecule has 0 spiro atoms. The highest BCUT2D eigenvalue weighted by molar-refractivity contribution is 7.17. The number of benzene rings is 1. The zero-order chi connectivity index (χ0) is 26.6. The van der Waals surface area contributed by atoms with E-state index in [2.05, 4.69) is 10.2 Å². The average molecular weight is 536 g/mol. The first-order chi connectivity index (χ1) is 18.5. The topological polar surface area (TPSA) is 97.8 Å². The molecule has 0 saturated heterocycles. The number of rotatable bonds is 6. The summed E-state index contributed by atoms with van der Waals surface area (Å²) in [6, 6.07) is 7.51. The molecule has 200 valence electrons. The summed E-state index contributed by atoms with van der Waals surface area (Å²) in [5.74, 6) is -1.45. The van der Waals surface area contributed by atoms with E-state index in [9.17, 15) is 14.4 Å². The molecular weight excluding hydrogens is 502 g/mol. The lowest BCUT2D eigenvalue weighted by Gasteiger charge is -2.26. The highest BCUT2D eigenvalue weighted by atomic mass is 32.1. The van der Waals surface area contributed by atoms with Crippen molar-refractivity contribution >= 4 is 45.1 Å². The predicted octanol–water partition coefficient (Wildman–Crippen LogP) is 4.92. The predicted molar refractivity (Wildman–Crippen MR) is 147 cm³/mol. The van der Waals surface area contributed by atoms with Crippen molar-refractivity contribution in [1.29, 1.82) is 0 Å². The maximum absolute atomic E-state index is 13.4. The van der Waals surface area contributed by atoms with Gasteiger partial charge in [-0.1, -0.05) is 31.0 Å². The second kappa shape index (κ2) is 11.6. The van der Waals surface area contributed by atoms with Gasteiger partial charge in [-0.3, -0.25) is 9.78 Å². The van der Waals surface area contributed by atoms with Crippen LogP contribution in [-0.2, 0) is 40.1 Å². The molecule has 9 heteroatoms. The molecule has 38 heavy (non-hydrogen) atoms. The normalized spacial score (nSPS) is 15.6. The number of ether oxygens (including phenoxy) is 2. The van der Waals surface area contributed by atoms with Crippen LogP contribution in [-0.4, -0.2) is 54.5 Å². The van der Waals surface area contributed by atoms with E-state index in [1.54, 1.807) is 6.92 Å². The summed E-state index contributed by atoms with van der Waals surface area (Å²) < 4.78 is 10.9. The number of likely N-dealkylation sites (N-methyl/N-ethyl adjacent to an activating group) is 1. The van der Waals surface area contributed by atoms with Gasteiger partial charge in [0, 0.05) is 41.0 Å². The molecule has 1 amide bonds. The molecule has 0 atom stereocenters. The molecule has 0 bridgehead atoms. The Morgan fingerprint density at radius 1 is 0.974 bits per heavy atom. The maximum Gasteiger partial charge on any atom is 0.341 e. The molecule has 3 heterocycles. The van der Waals surface area contributed by atoms with Gasteiger partial charge in [-0.15, -0.1) is 11.3 Å². The van der Waals surface area contributed by atoms with Crippen LogP contribution in [0.4, 0.5) is 5.00 Å². The minimum Gasteiger partial charge on any atom is -0.462 e. The molecule has 1 aliphatic carbocycles. The highest BCUT2D eigenvalue weighted by Gasteiger charge is 2.28. The van der Waals surface area contributed by atoms with Crippen molar-refractivity contribution in [2.24, 2.45) is 0 Å². The van der Waals surface area contributed by atoms with Gasteiger partial charge in [-0.25, -0.2) is 9.59 Å². The molecule has 3 aromatic rings. The third-order valence-corrected chi connectivity index (χ3v) is 8.39. The van der Waals surface area contributed by atoms with Gasteiger partial charge in [0.05, 0.1) is 23.3 Å². The Hall–Kier alpha value is -3.30. The third kappa shape index (κ3) is 5.44. The van der Waals surface area contributed by atoms with Crippen LogP contribution in [0, 0.1) is 0 Å². The first-order valence-electron chi connectivity index (χ1n) is 13.3. The maximum atomic E-state index is 13.4. The number of para-hydroxylation sites is 1. The number of anilines is 1. The molecular formula is C29H33N3O5S. The lowest BCUT2D eigenvalue weighted by Crippen LogP contribution is -2.30. The molecule has 0 radical (unpaired) electrons. The van der Waals surface area contributed by atoms with E-state index >= 15 is 0 Å². The number of hydrogen-bond acceptors (Lipinski definition) is 8. The van der Waals surface area contributed by atoms with Crippen molar-refractivity contribution in [3.8, 4) is 0 Å². The number of carbonyl (C=O) groups is 3. The number of nitrogens with one attached hydrogen (secondary N) is 1. The van der Waals surface area contributed by atoms with Crippen molar-refractivity contribution in [1.82, 2.24) is 9.88 Å². The van der Waals surface area contributed by atoms with Crippen LogP contribution in [0.3, 0.4) is 0 Å². The fourth-order valence-electron chi connectivity index (χ4n) is 5.35. The number of carbonyl (C=O) groups excluding carboxylic acids is 3. The van der Waals surface area contributed by atoms with Crippen LogP contribution in [0.1, 0.15) is 75.0 Å². The minimum absolute atomic E-state index is 0.258. The van der Waals surface area contributed by atoms with Gasteiger partial charge < -0.3 is 19.7 Å². The third-order valence-electron chi connectivity index (χ3n) is 7.18. The molecule has 0 fully saturated rings. The number of nitrogens with zero attached hydrogens (tertiary/aromatic N) is 2. The van der Waals surface area contributed by atoms with Gasteiger partial charge in [0.25, 0.3) is 5.91 Å². The molecule has 1 aliphatic heterocycles. The number of thiophene rings is 1. The van der Waals surface area contributed by atoms with Crippen LogP contribution >= 0.6 is 11.3 Å². The van der Waals surface area contributed by atoms with Crippen LogP contribution in [0.2, 0.25) is 0 Å². The summed E-state index contributed by atoms with van der Waals surface area (Å²) in [6.07, 6.45) is 6.76. The van der Waals surface area contributed by atoms with Crippen LogP contribution in [0.5, 0.6) is 0 Å². The van der Waals surface area contributed by atoms with Gasteiger partial charge in [0.1, 0.15) is 5.00 Å². The fourth-order valence-corrected chi connectivity index (χ4v) is 6.64. The van der Waals surface area contributed by atoms with Crippen molar-refractivity contribution in [3.63, 3.8) is 0 Å². The largest absolute Gasteiger partial charge is 0.462 e. The summed E-state index contributed by atoms with van der Waals surface area (Å²) in [5.41, 5.74) is 4.39. The Kier molecular flexibility index (Phi) is 8.04. The number of amides is 1. The lowest BCUT2D eigenvalue weighted by atomic mass is 9.96. The smallest absolute Gasteiger partial charge is 0.341 e. The van der Waals surface area contributed by atoms with Crippen LogP contribution < -0.4 is 5.32 Å².